The maximum atomic E-state index is 13.5. The lowest BCUT2D eigenvalue weighted by atomic mass is 10.1. The molecule has 2 amide bonds. The standard InChI is InChI=1S/C20H12F7N5O2/c21-14-3-1-10(7-12(14)19(22,23)24)16(33)30-18(28)31-17(34)11-2-4-15(32-6-5-29-9-32)13(8-11)20(25,26)27/h1-9H,(H3,28,30,31,33,34). The van der Waals surface area contributed by atoms with Gasteiger partial charge in [0.05, 0.1) is 23.1 Å². The molecule has 3 aromatic rings. The lowest BCUT2D eigenvalue weighted by Crippen LogP contribution is -2.37. The molecule has 7 nitrogen and oxygen atoms in total. The predicted octanol–water partition coefficient (Wildman–Crippen LogP) is 3.93. The molecule has 0 aliphatic carbocycles. The third-order valence-electron chi connectivity index (χ3n) is 4.33. The number of hydrogen-bond acceptors (Lipinski definition) is 3. The van der Waals surface area contributed by atoms with Gasteiger partial charge in [-0.3, -0.25) is 14.9 Å². The molecule has 0 fully saturated rings. The minimum absolute atomic E-state index is 0.226. The molecule has 0 spiro atoms. The zero-order valence-electron chi connectivity index (χ0n) is 16.6. The topological polar surface area (TPSA) is 102 Å². The van der Waals surface area contributed by atoms with E-state index in [0.29, 0.717) is 12.1 Å². The summed E-state index contributed by atoms with van der Waals surface area (Å²) in [6.45, 7) is 0. The number of rotatable bonds is 3. The lowest BCUT2D eigenvalue weighted by Gasteiger charge is -2.14. The Labute approximate surface area is 185 Å². The molecule has 0 saturated heterocycles. The molecule has 1 heterocycles. The molecule has 0 bridgehead atoms. The van der Waals surface area contributed by atoms with Gasteiger partial charge in [-0.25, -0.2) is 9.37 Å². The summed E-state index contributed by atoms with van der Waals surface area (Å²) in [5.41, 5.74) is 1.02. The average Bonchev–Trinajstić information content (AvgIpc) is 3.26. The van der Waals surface area contributed by atoms with Gasteiger partial charge in [-0.2, -0.15) is 31.3 Å². The first-order valence-corrected chi connectivity index (χ1v) is 9.03. The van der Waals surface area contributed by atoms with Gasteiger partial charge in [0.2, 0.25) is 5.96 Å². The summed E-state index contributed by atoms with van der Waals surface area (Å²) >= 11 is 0. The summed E-state index contributed by atoms with van der Waals surface area (Å²) in [5, 5.41) is 1.82. The van der Waals surface area contributed by atoms with Crippen LogP contribution in [0.3, 0.4) is 0 Å². The molecular formula is C20H12F7N5O2. The van der Waals surface area contributed by atoms with Crippen molar-refractivity contribution in [2.75, 3.05) is 0 Å². The van der Waals surface area contributed by atoms with Crippen LogP contribution in [-0.2, 0) is 12.4 Å². The normalized spacial score (nSPS) is 12.5. The highest BCUT2D eigenvalue weighted by atomic mass is 19.4. The van der Waals surface area contributed by atoms with Crippen molar-refractivity contribution in [1.82, 2.24) is 14.9 Å². The van der Waals surface area contributed by atoms with E-state index in [2.05, 4.69) is 9.98 Å². The summed E-state index contributed by atoms with van der Waals surface area (Å²) < 4.78 is 93.3. The Bertz CT molecular complexity index is 1270. The van der Waals surface area contributed by atoms with Gasteiger partial charge in [-0.05, 0) is 36.4 Å². The van der Waals surface area contributed by atoms with Crippen LogP contribution in [0.5, 0.6) is 0 Å². The van der Waals surface area contributed by atoms with Crippen LogP contribution in [-0.4, -0.2) is 27.3 Å². The number of halogens is 7. The van der Waals surface area contributed by atoms with Crippen LogP contribution >= 0.6 is 0 Å². The first-order chi connectivity index (χ1) is 15.8. The number of amides is 2. The van der Waals surface area contributed by atoms with Crippen LogP contribution in [0.25, 0.3) is 5.69 Å². The number of aromatic nitrogens is 2. The van der Waals surface area contributed by atoms with Gasteiger partial charge in [0.1, 0.15) is 5.82 Å². The highest BCUT2D eigenvalue weighted by Gasteiger charge is 2.35. The molecular weight excluding hydrogens is 475 g/mol. The van der Waals surface area contributed by atoms with E-state index in [1.54, 1.807) is 0 Å². The second-order valence-electron chi connectivity index (χ2n) is 6.65. The lowest BCUT2D eigenvalue weighted by molar-refractivity contribution is -0.140. The second kappa shape index (κ2) is 8.96. The van der Waals surface area contributed by atoms with E-state index < -0.39 is 58.2 Å². The smallest absolute Gasteiger partial charge is 0.369 e. The fourth-order valence-corrected chi connectivity index (χ4v) is 2.80. The van der Waals surface area contributed by atoms with E-state index in [9.17, 15) is 40.3 Å². The summed E-state index contributed by atoms with van der Waals surface area (Å²) in [5.74, 6) is -5.04. The quantitative estimate of drug-likeness (QED) is 0.332. The number of alkyl halides is 6. The molecule has 178 valence electrons. The maximum absolute atomic E-state index is 13.5. The molecule has 3 rings (SSSR count). The zero-order valence-corrected chi connectivity index (χ0v) is 16.6. The van der Waals surface area contributed by atoms with Crippen LogP contribution < -0.4 is 11.1 Å². The second-order valence-corrected chi connectivity index (χ2v) is 6.65. The van der Waals surface area contributed by atoms with Crippen molar-refractivity contribution in [1.29, 1.82) is 0 Å². The Morgan fingerprint density at radius 1 is 0.941 bits per heavy atom. The molecule has 0 saturated carbocycles. The van der Waals surface area contributed by atoms with E-state index >= 15 is 0 Å². The zero-order chi connectivity index (χ0) is 25.3. The highest BCUT2D eigenvalue weighted by Crippen LogP contribution is 2.35. The van der Waals surface area contributed by atoms with Crippen molar-refractivity contribution in [3.63, 3.8) is 0 Å². The van der Waals surface area contributed by atoms with Crippen LogP contribution in [0.15, 0.2) is 60.1 Å². The first-order valence-electron chi connectivity index (χ1n) is 9.03. The third-order valence-corrected chi connectivity index (χ3v) is 4.33. The van der Waals surface area contributed by atoms with Crippen LogP contribution in [0, 0.1) is 5.82 Å². The van der Waals surface area contributed by atoms with Gasteiger partial charge >= 0.3 is 12.4 Å². The van der Waals surface area contributed by atoms with Gasteiger partial charge in [-0.1, -0.05) is 0 Å². The Kier molecular flexibility index (Phi) is 6.43. The molecule has 1 aromatic heterocycles. The number of carbonyl (C=O) groups is 2. The number of aliphatic imine (C=N–C) groups is 1. The van der Waals surface area contributed by atoms with Crippen LogP contribution in [0.2, 0.25) is 0 Å². The van der Waals surface area contributed by atoms with Gasteiger partial charge in [-0.15, -0.1) is 0 Å². The number of nitrogens with two attached hydrogens (primary N) is 1. The monoisotopic (exact) mass is 487 g/mol. The number of nitrogens with zero attached hydrogens (tertiary/aromatic N) is 3. The van der Waals surface area contributed by atoms with Gasteiger partial charge in [0, 0.05) is 23.5 Å². The highest BCUT2D eigenvalue weighted by molar-refractivity contribution is 6.10. The van der Waals surface area contributed by atoms with E-state index in [4.69, 9.17) is 5.73 Å². The number of carbonyl (C=O) groups excluding carboxylic acids is 2. The van der Waals surface area contributed by atoms with Crippen molar-refractivity contribution in [2.24, 2.45) is 10.7 Å². The van der Waals surface area contributed by atoms with Crippen LogP contribution in [0.1, 0.15) is 31.8 Å². The fourth-order valence-electron chi connectivity index (χ4n) is 2.80. The third kappa shape index (κ3) is 5.39. The Morgan fingerprint density at radius 3 is 2.15 bits per heavy atom. The molecule has 34 heavy (non-hydrogen) atoms. The molecule has 14 heteroatoms. The molecule has 0 atom stereocenters. The number of nitrogens with one attached hydrogen (secondary N) is 1. The molecule has 0 radical (unpaired) electrons. The molecule has 0 aliphatic heterocycles. The number of imidazole rings is 1. The van der Waals surface area contributed by atoms with Crippen molar-refractivity contribution >= 4 is 17.8 Å². The van der Waals surface area contributed by atoms with Gasteiger partial charge in [0.15, 0.2) is 0 Å². The first kappa shape index (κ1) is 24.4. The summed E-state index contributed by atoms with van der Waals surface area (Å²) in [6, 6.07) is 3.92. The Hall–Kier alpha value is -4.23. The molecule has 2 aromatic carbocycles. The average molecular weight is 487 g/mol. The molecule has 3 N–H and O–H groups in total. The predicted molar refractivity (Wildman–Crippen MR) is 103 cm³/mol. The SMILES string of the molecule is NC(=NC(=O)c1ccc(-n2ccnc2)c(C(F)(F)F)c1)NC(=O)c1ccc(F)c(C(F)(F)F)c1. The van der Waals surface area contributed by atoms with Gasteiger partial charge < -0.3 is 10.3 Å². The largest absolute Gasteiger partial charge is 0.419 e. The fraction of sp³-hybridized carbons (Fsp3) is 0.100. The number of guanidine groups is 1. The van der Waals surface area contributed by atoms with Gasteiger partial charge in [0.25, 0.3) is 11.8 Å². The summed E-state index contributed by atoms with van der Waals surface area (Å²) in [7, 11) is 0. The summed E-state index contributed by atoms with van der Waals surface area (Å²) in [6.07, 6.45) is -6.28. The van der Waals surface area contributed by atoms with Crippen molar-refractivity contribution in [3.8, 4) is 5.69 Å². The minimum Gasteiger partial charge on any atom is -0.369 e. The van der Waals surface area contributed by atoms with Crippen LogP contribution in [0.4, 0.5) is 30.7 Å². The van der Waals surface area contributed by atoms with E-state index in [-0.39, 0.29) is 11.8 Å². The Balaban J connectivity index is 1.84. The number of hydrogen-bond donors (Lipinski definition) is 2. The molecule has 0 aliphatic rings. The van der Waals surface area contributed by atoms with E-state index in [1.807, 2.05) is 5.32 Å². The minimum atomic E-state index is -5.07. The maximum Gasteiger partial charge on any atom is 0.419 e. The van der Waals surface area contributed by atoms with E-state index in [0.717, 1.165) is 29.1 Å². The van der Waals surface area contributed by atoms with Crippen molar-refractivity contribution in [3.05, 3.63) is 83.2 Å². The van der Waals surface area contributed by atoms with Crippen molar-refractivity contribution < 1.29 is 40.3 Å². The Morgan fingerprint density at radius 2 is 1.56 bits per heavy atom. The van der Waals surface area contributed by atoms with E-state index in [1.165, 1.54) is 12.4 Å². The van der Waals surface area contributed by atoms with Crippen molar-refractivity contribution in [2.45, 2.75) is 12.4 Å². The number of benzene rings is 2. The summed E-state index contributed by atoms with van der Waals surface area (Å²) in [4.78, 5) is 31.3. The molecule has 0 unspecified atom stereocenters.